The van der Waals surface area contributed by atoms with Gasteiger partial charge in [0.25, 0.3) is 0 Å². The Morgan fingerprint density at radius 1 is 1.28 bits per heavy atom. The van der Waals surface area contributed by atoms with Gasteiger partial charge >= 0.3 is 11.9 Å². The van der Waals surface area contributed by atoms with Crippen molar-refractivity contribution >= 4 is 11.9 Å². The van der Waals surface area contributed by atoms with Crippen LogP contribution in [0.3, 0.4) is 0 Å². The Hall–Kier alpha value is -1.32. The van der Waals surface area contributed by atoms with E-state index in [-0.39, 0.29) is 5.92 Å². The van der Waals surface area contributed by atoms with E-state index in [0.717, 1.165) is 37.8 Å². The van der Waals surface area contributed by atoms with Crippen molar-refractivity contribution in [3.8, 4) is 0 Å². The number of aliphatic carboxylic acids is 1. The van der Waals surface area contributed by atoms with Crippen molar-refractivity contribution in [2.45, 2.75) is 52.1 Å². The monoisotopic (exact) mass is 254 g/mol. The molecule has 0 aromatic carbocycles. The first-order chi connectivity index (χ1) is 8.35. The summed E-state index contributed by atoms with van der Waals surface area (Å²) in [5.74, 6) is -0.777. The van der Waals surface area contributed by atoms with Gasteiger partial charge in [-0.05, 0) is 37.5 Å². The summed E-state index contributed by atoms with van der Waals surface area (Å²) in [4.78, 5) is 22.0. The van der Waals surface area contributed by atoms with Crippen LogP contribution < -0.4 is 0 Å². The van der Waals surface area contributed by atoms with E-state index in [4.69, 9.17) is 9.84 Å². The SMILES string of the molecule is CC1CCC(OC(=O)/C=C\C(=O)O)(C(C)C)CC1. The number of esters is 1. The minimum Gasteiger partial charge on any atom is -0.478 e. The second kappa shape index (κ2) is 6.03. The van der Waals surface area contributed by atoms with Crippen molar-refractivity contribution in [3.63, 3.8) is 0 Å². The molecule has 4 heteroatoms. The summed E-state index contributed by atoms with van der Waals surface area (Å²) in [5.41, 5.74) is -0.424. The van der Waals surface area contributed by atoms with Crippen molar-refractivity contribution in [1.82, 2.24) is 0 Å². The molecular formula is C14H22O4. The second-order valence-corrected chi connectivity index (χ2v) is 5.49. The van der Waals surface area contributed by atoms with Gasteiger partial charge < -0.3 is 9.84 Å². The number of ether oxygens (including phenoxy) is 1. The molecule has 4 nitrogen and oxygen atoms in total. The van der Waals surface area contributed by atoms with Crippen molar-refractivity contribution in [3.05, 3.63) is 12.2 Å². The fraction of sp³-hybridized carbons (Fsp3) is 0.714. The van der Waals surface area contributed by atoms with Crippen LogP contribution in [0.4, 0.5) is 0 Å². The fourth-order valence-electron chi connectivity index (χ4n) is 2.42. The van der Waals surface area contributed by atoms with E-state index in [2.05, 4.69) is 6.92 Å². The maximum Gasteiger partial charge on any atom is 0.331 e. The van der Waals surface area contributed by atoms with Crippen LogP contribution >= 0.6 is 0 Å². The molecule has 0 saturated heterocycles. The Labute approximate surface area is 108 Å². The molecule has 1 saturated carbocycles. The van der Waals surface area contributed by atoms with Crippen LogP contribution in [0.15, 0.2) is 12.2 Å². The lowest BCUT2D eigenvalue weighted by Gasteiger charge is -2.41. The average Bonchev–Trinajstić information content (AvgIpc) is 2.29. The van der Waals surface area contributed by atoms with Crippen LogP contribution in [0.5, 0.6) is 0 Å². The zero-order valence-corrected chi connectivity index (χ0v) is 11.3. The van der Waals surface area contributed by atoms with Crippen LogP contribution in [0.25, 0.3) is 0 Å². The number of hydrogen-bond acceptors (Lipinski definition) is 3. The van der Waals surface area contributed by atoms with E-state index in [1.54, 1.807) is 0 Å². The van der Waals surface area contributed by atoms with Crippen molar-refractivity contribution in [1.29, 1.82) is 0 Å². The third kappa shape index (κ3) is 3.86. The highest BCUT2D eigenvalue weighted by molar-refractivity contribution is 5.90. The third-order valence-electron chi connectivity index (χ3n) is 3.84. The van der Waals surface area contributed by atoms with Gasteiger partial charge in [-0.1, -0.05) is 20.8 Å². The molecule has 0 bridgehead atoms. The Morgan fingerprint density at radius 2 is 1.83 bits per heavy atom. The summed E-state index contributed by atoms with van der Waals surface area (Å²) in [5, 5.41) is 8.48. The van der Waals surface area contributed by atoms with E-state index in [0.29, 0.717) is 5.92 Å². The highest BCUT2D eigenvalue weighted by Crippen LogP contribution is 2.40. The summed E-state index contributed by atoms with van der Waals surface area (Å²) in [7, 11) is 0. The zero-order valence-electron chi connectivity index (χ0n) is 11.3. The lowest BCUT2D eigenvalue weighted by Crippen LogP contribution is -2.43. The quantitative estimate of drug-likeness (QED) is 0.619. The largest absolute Gasteiger partial charge is 0.478 e. The van der Waals surface area contributed by atoms with Gasteiger partial charge in [-0.15, -0.1) is 0 Å². The van der Waals surface area contributed by atoms with Gasteiger partial charge in [0.05, 0.1) is 0 Å². The Bertz CT molecular complexity index is 336. The lowest BCUT2D eigenvalue weighted by molar-refractivity contribution is -0.164. The third-order valence-corrected chi connectivity index (χ3v) is 3.84. The van der Waals surface area contributed by atoms with Gasteiger partial charge in [0.15, 0.2) is 0 Å². The van der Waals surface area contributed by atoms with Gasteiger partial charge in [0.1, 0.15) is 5.60 Å². The summed E-state index contributed by atoms with van der Waals surface area (Å²) >= 11 is 0. The number of carboxylic acids is 1. The highest BCUT2D eigenvalue weighted by Gasteiger charge is 2.40. The van der Waals surface area contributed by atoms with E-state index in [9.17, 15) is 9.59 Å². The summed E-state index contributed by atoms with van der Waals surface area (Å²) in [6.45, 7) is 6.30. The highest BCUT2D eigenvalue weighted by atomic mass is 16.6. The first-order valence-electron chi connectivity index (χ1n) is 6.50. The van der Waals surface area contributed by atoms with Crippen LogP contribution in [0, 0.1) is 11.8 Å². The van der Waals surface area contributed by atoms with Gasteiger partial charge in [0, 0.05) is 12.2 Å². The molecule has 0 heterocycles. The van der Waals surface area contributed by atoms with E-state index < -0.39 is 17.5 Å². The molecule has 0 radical (unpaired) electrons. The molecule has 0 unspecified atom stereocenters. The Balaban J connectivity index is 2.69. The maximum atomic E-state index is 11.6. The lowest BCUT2D eigenvalue weighted by atomic mass is 9.73. The van der Waals surface area contributed by atoms with Crippen molar-refractivity contribution in [2.75, 3.05) is 0 Å². The molecule has 1 rings (SSSR count). The molecule has 0 atom stereocenters. The van der Waals surface area contributed by atoms with Crippen LogP contribution in [0.2, 0.25) is 0 Å². The molecule has 18 heavy (non-hydrogen) atoms. The zero-order chi connectivity index (χ0) is 13.8. The molecule has 0 spiro atoms. The molecule has 0 aromatic heterocycles. The van der Waals surface area contributed by atoms with Crippen molar-refractivity contribution < 1.29 is 19.4 Å². The minimum atomic E-state index is -1.14. The molecular weight excluding hydrogens is 232 g/mol. The Kier molecular flexibility index (Phi) is 4.93. The van der Waals surface area contributed by atoms with Gasteiger partial charge in [0.2, 0.25) is 0 Å². The number of carboxylic acid groups (broad SMARTS) is 1. The average molecular weight is 254 g/mol. The summed E-state index contributed by atoms with van der Waals surface area (Å²) in [6.07, 6.45) is 5.63. The Morgan fingerprint density at radius 3 is 2.28 bits per heavy atom. The maximum absolute atomic E-state index is 11.6. The van der Waals surface area contributed by atoms with Crippen LogP contribution in [-0.2, 0) is 14.3 Å². The van der Waals surface area contributed by atoms with E-state index in [1.807, 2.05) is 13.8 Å². The van der Waals surface area contributed by atoms with Gasteiger partial charge in [-0.25, -0.2) is 9.59 Å². The van der Waals surface area contributed by atoms with Gasteiger partial charge in [-0.3, -0.25) is 0 Å². The van der Waals surface area contributed by atoms with Crippen LogP contribution in [0.1, 0.15) is 46.5 Å². The topological polar surface area (TPSA) is 63.6 Å². The molecule has 0 aromatic rings. The number of carbonyl (C=O) groups is 2. The predicted molar refractivity (Wildman–Crippen MR) is 68.1 cm³/mol. The van der Waals surface area contributed by atoms with Crippen molar-refractivity contribution in [2.24, 2.45) is 11.8 Å². The number of hydrogen-bond donors (Lipinski definition) is 1. The number of rotatable bonds is 4. The first kappa shape index (κ1) is 14.7. The van der Waals surface area contributed by atoms with Crippen LogP contribution in [-0.4, -0.2) is 22.6 Å². The number of carbonyl (C=O) groups excluding carboxylic acids is 1. The molecule has 1 fully saturated rings. The van der Waals surface area contributed by atoms with E-state index >= 15 is 0 Å². The molecule has 1 aliphatic rings. The van der Waals surface area contributed by atoms with E-state index in [1.165, 1.54) is 0 Å². The molecule has 1 N–H and O–H groups in total. The normalized spacial score (nSPS) is 28.6. The summed E-state index contributed by atoms with van der Waals surface area (Å²) in [6, 6.07) is 0. The minimum absolute atomic E-state index is 0.243. The summed E-state index contributed by atoms with van der Waals surface area (Å²) < 4.78 is 5.55. The molecule has 1 aliphatic carbocycles. The molecule has 0 amide bonds. The standard InChI is InChI=1S/C14H22O4/c1-10(2)14(8-6-11(3)7-9-14)18-13(17)5-4-12(15)16/h4-5,10-11H,6-9H2,1-3H3,(H,15,16)/b5-4-. The first-order valence-corrected chi connectivity index (χ1v) is 6.50. The fourth-order valence-corrected chi connectivity index (χ4v) is 2.42. The smallest absolute Gasteiger partial charge is 0.331 e. The molecule has 102 valence electrons. The second-order valence-electron chi connectivity index (χ2n) is 5.49. The molecule has 0 aliphatic heterocycles. The predicted octanol–water partition coefficient (Wildman–Crippen LogP) is 2.78. The van der Waals surface area contributed by atoms with Gasteiger partial charge in [-0.2, -0.15) is 0 Å².